The first-order valence-electron chi connectivity index (χ1n) is 4.94. The molecule has 0 aromatic heterocycles. The van der Waals surface area contributed by atoms with E-state index in [4.69, 9.17) is 10.8 Å². The number of carboxylic acid groups (broad SMARTS) is 1. The molecule has 0 radical (unpaired) electrons. The minimum Gasteiger partial charge on any atom is -0.480 e. The Balaban J connectivity index is 3.11. The quantitative estimate of drug-likeness (QED) is 0.811. The van der Waals surface area contributed by atoms with Crippen LogP contribution in [0, 0.1) is 11.8 Å². The molecule has 0 fully saturated rings. The fourth-order valence-corrected chi connectivity index (χ4v) is 1.34. The molecule has 0 saturated heterocycles. The minimum absolute atomic E-state index is 0.337. The number of aliphatic carboxylic acids is 1. The third kappa shape index (κ3) is 4.11. The lowest BCUT2D eigenvalue weighted by molar-refractivity contribution is -0.138. The highest BCUT2D eigenvalue weighted by atomic mass is 19.4. The Labute approximate surface area is 101 Å². The molecule has 0 bridgehead atoms. The maximum atomic E-state index is 12.0. The van der Waals surface area contributed by atoms with Crippen LogP contribution in [0.3, 0.4) is 0 Å². The molecule has 3 N–H and O–H groups in total. The lowest BCUT2D eigenvalue weighted by Gasteiger charge is -2.15. The molecule has 0 saturated carbocycles. The molecule has 3 nitrogen and oxygen atoms in total. The second kappa shape index (κ2) is 5.56. The largest absolute Gasteiger partial charge is 0.480 e. The molecular weight excluding hydrogens is 247 g/mol. The first-order valence-corrected chi connectivity index (χ1v) is 4.94. The fraction of sp³-hybridized carbons (Fsp3) is 0.250. The molecule has 0 aliphatic carbocycles. The Morgan fingerprint density at radius 3 is 2.28 bits per heavy atom. The zero-order chi connectivity index (χ0) is 13.8. The average Bonchev–Trinajstić information content (AvgIpc) is 2.28. The number of halogens is 3. The van der Waals surface area contributed by atoms with E-state index in [1.165, 1.54) is 12.1 Å². The summed E-state index contributed by atoms with van der Waals surface area (Å²) >= 11 is 0. The average molecular weight is 257 g/mol. The highest BCUT2D eigenvalue weighted by Gasteiger charge is 2.27. The monoisotopic (exact) mass is 257 g/mol. The summed E-state index contributed by atoms with van der Waals surface area (Å²) in [5, 5.41) is 8.77. The highest BCUT2D eigenvalue weighted by Crippen LogP contribution is 2.20. The third-order valence-corrected chi connectivity index (χ3v) is 2.17. The summed E-state index contributed by atoms with van der Waals surface area (Å²) in [6, 6.07) is 6.27. The Morgan fingerprint density at radius 2 is 1.83 bits per heavy atom. The van der Waals surface area contributed by atoms with Crippen molar-refractivity contribution in [2.75, 3.05) is 0 Å². The maximum absolute atomic E-state index is 12.0. The number of hydrogen-bond donors (Lipinski definition) is 2. The molecular formula is C12H10F3NO2. The highest BCUT2D eigenvalue weighted by molar-refractivity contribution is 5.75. The fourth-order valence-electron chi connectivity index (χ4n) is 1.34. The lowest BCUT2D eigenvalue weighted by atomic mass is 9.92. The van der Waals surface area contributed by atoms with Crippen molar-refractivity contribution >= 4 is 5.97 Å². The number of carboxylic acids is 1. The third-order valence-electron chi connectivity index (χ3n) is 2.17. The Morgan fingerprint density at radius 1 is 1.28 bits per heavy atom. The van der Waals surface area contributed by atoms with Gasteiger partial charge in [-0.25, -0.2) is 0 Å². The van der Waals surface area contributed by atoms with Crippen molar-refractivity contribution in [3.05, 3.63) is 35.9 Å². The van der Waals surface area contributed by atoms with Crippen LogP contribution < -0.4 is 5.73 Å². The van der Waals surface area contributed by atoms with Crippen LogP contribution in [0.5, 0.6) is 0 Å². The number of rotatable bonds is 3. The Hall–Kier alpha value is -2.00. The van der Waals surface area contributed by atoms with Gasteiger partial charge in [0.2, 0.25) is 0 Å². The Bertz CT molecular complexity index is 474. The smallest absolute Gasteiger partial charge is 0.457 e. The molecule has 96 valence electrons. The van der Waals surface area contributed by atoms with Crippen molar-refractivity contribution in [3.8, 4) is 11.8 Å². The van der Waals surface area contributed by atoms with Gasteiger partial charge < -0.3 is 10.8 Å². The summed E-state index contributed by atoms with van der Waals surface area (Å²) in [6.07, 6.45) is -4.68. The standard InChI is InChI=1S/C12H10F3NO2/c13-12(14,15)7-6-9(10(16)11(17)18)8-4-2-1-3-5-8/h1-5,9-10H,16H2,(H,17,18)/t9-,10-/m0/s1. The van der Waals surface area contributed by atoms with Gasteiger partial charge in [-0.05, 0) is 5.56 Å². The molecule has 1 rings (SSSR count). The Kier molecular flexibility index (Phi) is 4.34. The van der Waals surface area contributed by atoms with Crippen LogP contribution in [0.25, 0.3) is 0 Å². The minimum atomic E-state index is -4.68. The van der Waals surface area contributed by atoms with E-state index in [0.29, 0.717) is 5.56 Å². The van der Waals surface area contributed by atoms with Crippen molar-refractivity contribution in [1.29, 1.82) is 0 Å². The molecule has 18 heavy (non-hydrogen) atoms. The van der Waals surface area contributed by atoms with Crippen LogP contribution in [0.4, 0.5) is 13.2 Å². The van der Waals surface area contributed by atoms with Gasteiger partial charge in [0.25, 0.3) is 0 Å². The number of benzene rings is 1. The molecule has 0 heterocycles. The zero-order valence-corrected chi connectivity index (χ0v) is 9.11. The number of alkyl halides is 3. The molecule has 1 aromatic rings. The van der Waals surface area contributed by atoms with Gasteiger partial charge in [0.15, 0.2) is 0 Å². The second-order valence-corrected chi connectivity index (χ2v) is 3.52. The van der Waals surface area contributed by atoms with E-state index in [-0.39, 0.29) is 0 Å². The SMILES string of the molecule is N[C@H](C(=O)O)[C@@H](C#CC(F)(F)F)c1ccccc1. The van der Waals surface area contributed by atoms with Crippen molar-refractivity contribution in [2.45, 2.75) is 18.1 Å². The van der Waals surface area contributed by atoms with Crippen molar-refractivity contribution < 1.29 is 23.1 Å². The normalized spacial score (nSPS) is 14.2. The summed E-state index contributed by atoms with van der Waals surface area (Å²) in [5.41, 5.74) is 5.69. The van der Waals surface area contributed by atoms with Crippen molar-refractivity contribution in [1.82, 2.24) is 0 Å². The van der Waals surface area contributed by atoms with Crippen LogP contribution in [0.1, 0.15) is 11.5 Å². The molecule has 0 spiro atoms. The van der Waals surface area contributed by atoms with Crippen LogP contribution in [-0.2, 0) is 4.79 Å². The first kappa shape index (κ1) is 14.1. The van der Waals surface area contributed by atoms with Gasteiger partial charge in [-0.1, -0.05) is 36.3 Å². The van der Waals surface area contributed by atoms with Gasteiger partial charge >= 0.3 is 12.1 Å². The first-order chi connectivity index (χ1) is 8.31. The van der Waals surface area contributed by atoms with E-state index >= 15 is 0 Å². The number of carbonyl (C=O) groups is 1. The summed E-state index contributed by atoms with van der Waals surface area (Å²) in [5.74, 6) is 0.333. The molecule has 0 aliphatic rings. The maximum Gasteiger partial charge on any atom is 0.457 e. The van der Waals surface area contributed by atoms with Crippen molar-refractivity contribution in [3.63, 3.8) is 0 Å². The van der Waals surface area contributed by atoms with Gasteiger partial charge in [-0.15, -0.1) is 0 Å². The van der Waals surface area contributed by atoms with E-state index in [0.717, 1.165) is 5.92 Å². The molecule has 6 heteroatoms. The molecule has 0 amide bonds. The number of hydrogen-bond acceptors (Lipinski definition) is 2. The number of nitrogens with two attached hydrogens (primary N) is 1. The summed E-state index contributed by atoms with van der Waals surface area (Å²) in [6.45, 7) is 0. The van der Waals surface area contributed by atoms with Crippen molar-refractivity contribution in [2.24, 2.45) is 5.73 Å². The van der Waals surface area contributed by atoms with E-state index in [9.17, 15) is 18.0 Å². The van der Waals surface area contributed by atoms with E-state index in [1.807, 2.05) is 5.92 Å². The molecule has 2 atom stereocenters. The van der Waals surface area contributed by atoms with Gasteiger partial charge in [0.1, 0.15) is 6.04 Å². The van der Waals surface area contributed by atoms with Crippen LogP contribution in [0.15, 0.2) is 30.3 Å². The van der Waals surface area contributed by atoms with Crippen LogP contribution in [-0.4, -0.2) is 23.3 Å². The van der Waals surface area contributed by atoms with Gasteiger partial charge in [-0.2, -0.15) is 13.2 Å². The van der Waals surface area contributed by atoms with Gasteiger partial charge in [0, 0.05) is 5.92 Å². The summed E-state index contributed by atoms with van der Waals surface area (Å²) < 4.78 is 36.1. The van der Waals surface area contributed by atoms with E-state index < -0.39 is 24.1 Å². The zero-order valence-electron chi connectivity index (χ0n) is 9.11. The topological polar surface area (TPSA) is 63.3 Å². The predicted octanol–water partition coefficient (Wildman–Crippen LogP) is 1.75. The molecule has 1 aromatic carbocycles. The summed E-state index contributed by atoms with van der Waals surface area (Å²) in [7, 11) is 0. The lowest BCUT2D eigenvalue weighted by Crippen LogP contribution is -2.36. The van der Waals surface area contributed by atoms with E-state index in [2.05, 4.69) is 0 Å². The van der Waals surface area contributed by atoms with Gasteiger partial charge in [-0.3, -0.25) is 4.79 Å². The van der Waals surface area contributed by atoms with Crippen LogP contribution in [0.2, 0.25) is 0 Å². The molecule has 0 aliphatic heterocycles. The van der Waals surface area contributed by atoms with Crippen LogP contribution >= 0.6 is 0 Å². The predicted molar refractivity (Wildman–Crippen MR) is 58.6 cm³/mol. The second-order valence-electron chi connectivity index (χ2n) is 3.52. The molecule has 0 unspecified atom stereocenters. The van der Waals surface area contributed by atoms with Gasteiger partial charge in [0.05, 0.1) is 5.92 Å². The summed E-state index contributed by atoms with van der Waals surface area (Å²) in [4.78, 5) is 10.8. The van der Waals surface area contributed by atoms with E-state index in [1.54, 1.807) is 18.2 Å².